The summed E-state index contributed by atoms with van der Waals surface area (Å²) in [7, 11) is 0. The molecule has 0 saturated carbocycles. The summed E-state index contributed by atoms with van der Waals surface area (Å²) in [6.45, 7) is 10.5. The highest BCUT2D eigenvalue weighted by Gasteiger charge is 2.16. The monoisotopic (exact) mass is 403 g/mol. The van der Waals surface area contributed by atoms with E-state index >= 15 is 0 Å². The molecule has 150 valence electrons. The van der Waals surface area contributed by atoms with Gasteiger partial charge in [-0.1, -0.05) is 45.0 Å². The predicted molar refractivity (Wildman–Crippen MR) is 114 cm³/mol. The molecule has 1 aliphatic heterocycles. The number of nitrogens with two attached hydrogens (primary N) is 1. The first-order valence-electron chi connectivity index (χ1n) is 9.27. The minimum absolute atomic E-state index is 0. The van der Waals surface area contributed by atoms with Crippen molar-refractivity contribution in [2.24, 2.45) is 17.6 Å². The molecular formula is C20H35Cl2N3O. The number of nitrogens with one attached hydrogen (secondary N) is 1. The van der Waals surface area contributed by atoms with Crippen LogP contribution in [0.2, 0.25) is 0 Å². The second-order valence-electron chi connectivity index (χ2n) is 7.75. The van der Waals surface area contributed by atoms with Gasteiger partial charge in [-0.15, -0.1) is 24.8 Å². The number of piperidine rings is 1. The van der Waals surface area contributed by atoms with Crippen molar-refractivity contribution in [3.63, 3.8) is 0 Å². The number of rotatable bonds is 7. The summed E-state index contributed by atoms with van der Waals surface area (Å²) in [5, 5.41) is 2.94. The van der Waals surface area contributed by atoms with Crippen molar-refractivity contribution in [1.82, 2.24) is 10.2 Å². The fourth-order valence-electron chi connectivity index (χ4n) is 3.39. The third-order valence-corrected chi connectivity index (χ3v) is 4.70. The number of halogens is 2. The van der Waals surface area contributed by atoms with Crippen LogP contribution < -0.4 is 11.1 Å². The lowest BCUT2D eigenvalue weighted by atomic mass is 9.99. The van der Waals surface area contributed by atoms with Crippen molar-refractivity contribution in [2.45, 2.75) is 59.2 Å². The molecule has 1 amide bonds. The maximum atomic E-state index is 12.0. The van der Waals surface area contributed by atoms with Crippen LogP contribution in [0.25, 0.3) is 0 Å². The molecule has 1 saturated heterocycles. The van der Waals surface area contributed by atoms with E-state index in [4.69, 9.17) is 5.73 Å². The number of likely N-dealkylation sites (tertiary alicyclic amines) is 1. The molecule has 2 atom stereocenters. The van der Waals surface area contributed by atoms with E-state index in [9.17, 15) is 4.79 Å². The van der Waals surface area contributed by atoms with Crippen LogP contribution in [0.15, 0.2) is 24.3 Å². The molecule has 1 heterocycles. The molecule has 2 rings (SSSR count). The Morgan fingerprint density at radius 1 is 1.23 bits per heavy atom. The van der Waals surface area contributed by atoms with Gasteiger partial charge in [0.25, 0.3) is 0 Å². The average molecular weight is 404 g/mol. The molecule has 26 heavy (non-hydrogen) atoms. The van der Waals surface area contributed by atoms with Crippen LogP contribution in [0, 0.1) is 11.8 Å². The van der Waals surface area contributed by atoms with E-state index in [-0.39, 0.29) is 30.7 Å². The summed E-state index contributed by atoms with van der Waals surface area (Å²) >= 11 is 0. The van der Waals surface area contributed by atoms with Crippen LogP contribution in [-0.4, -0.2) is 29.9 Å². The smallest absolute Gasteiger partial charge is 0.237 e. The Kier molecular flexibility index (Phi) is 12.2. The van der Waals surface area contributed by atoms with Crippen molar-refractivity contribution in [2.75, 3.05) is 13.1 Å². The first-order chi connectivity index (χ1) is 11.4. The fraction of sp³-hybridized carbons (Fsp3) is 0.650. The van der Waals surface area contributed by atoms with Crippen LogP contribution >= 0.6 is 24.8 Å². The van der Waals surface area contributed by atoms with Crippen LogP contribution in [0.3, 0.4) is 0 Å². The number of amides is 1. The molecule has 0 radical (unpaired) electrons. The number of nitrogens with zero attached hydrogens (tertiary/aromatic N) is 1. The molecule has 1 aliphatic rings. The molecule has 6 heteroatoms. The van der Waals surface area contributed by atoms with E-state index in [2.05, 4.69) is 55.3 Å². The molecule has 1 unspecified atom stereocenters. The summed E-state index contributed by atoms with van der Waals surface area (Å²) < 4.78 is 0. The predicted octanol–water partition coefficient (Wildman–Crippen LogP) is 3.75. The lowest BCUT2D eigenvalue weighted by Crippen LogP contribution is -2.41. The van der Waals surface area contributed by atoms with Gasteiger partial charge in [0.05, 0.1) is 6.04 Å². The van der Waals surface area contributed by atoms with Gasteiger partial charge in [-0.05, 0) is 48.8 Å². The van der Waals surface area contributed by atoms with Gasteiger partial charge in [0.2, 0.25) is 5.91 Å². The highest BCUT2D eigenvalue weighted by molar-refractivity contribution is 5.85. The quantitative estimate of drug-likeness (QED) is 0.728. The van der Waals surface area contributed by atoms with Gasteiger partial charge in [-0.3, -0.25) is 9.69 Å². The number of benzene rings is 1. The molecule has 0 aromatic heterocycles. The van der Waals surface area contributed by atoms with Gasteiger partial charge in [-0.2, -0.15) is 0 Å². The minimum atomic E-state index is -0.412. The van der Waals surface area contributed by atoms with E-state index in [1.807, 2.05) is 0 Å². The van der Waals surface area contributed by atoms with E-state index in [0.717, 1.165) is 24.4 Å². The summed E-state index contributed by atoms with van der Waals surface area (Å²) in [5.74, 6) is 1.18. The van der Waals surface area contributed by atoms with Crippen molar-refractivity contribution >= 4 is 30.7 Å². The Labute approximate surface area is 171 Å². The SMILES string of the molecule is CC(C)C[C@H](N)C(=O)NCc1ccc(CN2CCCC(C)C2)cc1.Cl.Cl. The number of carbonyl (C=O) groups is 1. The molecule has 1 aromatic carbocycles. The van der Waals surface area contributed by atoms with Gasteiger partial charge in [0.1, 0.15) is 0 Å². The highest BCUT2D eigenvalue weighted by Crippen LogP contribution is 2.18. The van der Waals surface area contributed by atoms with Crippen LogP contribution in [0.5, 0.6) is 0 Å². The summed E-state index contributed by atoms with van der Waals surface area (Å²) in [6.07, 6.45) is 3.38. The second kappa shape index (κ2) is 12.6. The largest absolute Gasteiger partial charge is 0.351 e. The van der Waals surface area contributed by atoms with E-state index < -0.39 is 6.04 Å². The third kappa shape index (κ3) is 8.72. The minimum Gasteiger partial charge on any atom is -0.351 e. The molecular weight excluding hydrogens is 369 g/mol. The molecule has 1 fully saturated rings. The Hall–Kier alpha value is -0.810. The van der Waals surface area contributed by atoms with Crippen molar-refractivity contribution in [3.05, 3.63) is 35.4 Å². The maximum absolute atomic E-state index is 12.0. The normalized spacial score (nSPS) is 18.6. The maximum Gasteiger partial charge on any atom is 0.237 e. The van der Waals surface area contributed by atoms with E-state index in [1.165, 1.54) is 31.5 Å². The Balaban J connectivity index is 0.00000312. The van der Waals surface area contributed by atoms with Crippen LogP contribution in [0.4, 0.5) is 0 Å². The zero-order chi connectivity index (χ0) is 17.5. The summed E-state index contributed by atoms with van der Waals surface area (Å²) in [5.41, 5.74) is 8.37. The van der Waals surface area contributed by atoms with Crippen molar-refractivity contribution < 1.29 is 4.79 Å². The third-order valence-electron chi connectivity index (χ3n) is 4.70. The van der Waals surface area contributed by atoms with E-state index in [0.29, 0.717) is 12.5 Å². The van der Waals surface area contributed by atoms with E-state index in [1.54, 1.807) is 0 Å². The first kappa shape index (κ1) is 25.2. The summed E-state index contributed by atoms with van der Waals surface area (Å²) in [4.78, 5) is 14.5. The highest BCUT2D eigenvalue weighted by atomic mass is 35.5. The van der Waals surface area contributed by atoms with Gasteiger partial charge in [0, 0.05) is 19.6 Å². The first-order valence-corrected chi connectivity index (χ1v) is 9.27. The molecule has 3 N–H and O–H groups in total. The number of hydrogen-bond donors (Lipinski definition) is 2. The zero-order valence-corrected chi connectivity index (χ0v) is 17.9. The molecule has 0 bridgehead atoms. The standard InChI is InChI=1S/C20H33N3O.2ClH/c1-15(2)11-19(21)20(24)22-12-17-6-8-18(9-7-17)14-23-10-4-5-16(3)13-23;;/h6-9,15-16,19H,4-5,10-14,21H2,1-3H3,(H,22,24);2*1H/t16?,19-;;/m0../s1. The van der Waals surface area contributed by atoms with Gasteiger partial charge < -0.3 is 11.1 Å². The van der Waals surface area contributed by atoms with Crippen LogP contribution in [-0.2, 0) is 17.9 Å². The molecule has 0 spiro atoms. The molecule has 4 nitrogen and oxygen atoms in total. The zero-order valence-electron chi connectivity index (χ0n) is 16.2. The molecule has 0 aliphatic carbocycles. The van der Waals surface area contributed by atoms with Gasteiger partial charge >= 0.3 is 0 Å². The number of carbonyl (C=O) groups excluding carboxylic acids is 1. The topological polar surface area (TPSA) is 58.4 Å². The Bertz CT molecular complexity index is 522. The fourth-order valence-corrected chi connectivity index (χ4v) is 3.39. The van der Waals surface area contributed by atoms with Gasteiger partial charge in [-0.25, -0.2) is 0 Å². The lowest BCUT2D eigenvalue weighted by Gasteiger charge is -2.30. The second-order valence-corrected chi connectivity index (χ2v) is 7.75. The average Bonchev–Trinajstić information content (AvgIpc) is 2.53. The summed E-state index contributed by atoms with van der Waals surface area (Å²) in [6, 6.07) is 8.16. The lowest BCUT2D eigenvalue weighted by molar-refractivity contribution is -0.122. The van der Waals surface area contributed by atoms with Crippen molar-refractivity contribution in [1.29, 1.82) is 0 Å². The Morgan fingerprint density at radius 2 is 1.85 bits per heavy atom. The Morgan fingerprint density at radius 3 is 2.42 bits per heavy atom. The van der Waals surface area contributed by atoms with Crippen molar-refractivity contribution in [3.8, 4) is 0 Å². The molecule has 1 aromatic rings. The van der Waals surface area contributed by atoms with Gasteiger partial charge in [0.15, 0.2) is 0 Å². The van der Waals surface area contributed by atoms with Crippen LogP contribution in [0.1, 0.15) is 51.2 Å². The number of hydrogen-bond acceptors (Lipinski definition) is 3.